The smallest absolute Gasteiger partial charge is 0.237 e. The van der Waals surface area contributed by atoms with Crippen LogP contribution in [0.4, 0.5) is 0 Å². The Balaban J connectivity index is 1.52. The standard InChI is InChI=1S/C21H24N4O/c1-17(21(26)23-14-18-8-3-2-4-9-18)22-15-19-10-5-6-11-20(19)16-25-13-7-12-24-25/h2-13,17,22H,14-16H2,1H3,(H,23,26)/t17-/m1/s1. The Hall–Kier alpha value is -2.92. The Morgan fingerprint density at radius 1 is 1.00 bits per heavy atom. The van der Waals surface area contributed by atoms with Gasteiger partial charge in [-0.05, 0) is 29.7 Å². The van der Waals surface area contributed by atoms with Gasteiger partial charge in [-0.25, -0.2) is 0 Å². The van der Waals surface area contributed by atoms with E-state index in [0.717, 1.165) is 12.1 Å². The molecule has 1 aromatic heterocycles. The third-order valence-electron chi connectivity index (χ3n) is 4.31. The van der Waals surface area contributed by atoms with Gasteiger partial charge < -0.3 is 10.6 Å². The number of hydrogen-bond acceptors (Lipinski definition) is 3. The summed E-state index contributed by atoms with van der Waals surface area (Å²) in [5.41, 5.74) is 3.46. The highest BCUT2D eigenvalue weighted by molar-refractivity contribution is 5.81. The molecule has 5 heteroatoms. The molecule has 0 saturated carbocycles. The molecule has 2 aromatic carbocycles. The Morgan fingerprint density at radius 3 is 2.46 bits per heavy atom. The van der Waals surface area contributed by atoms with Crippen molar-refractivity contribution in [2.45, 2.75) is 32.6 Å². The van der Waals surface area contributed by atoms with Gasteiger partial charge in [-0.2, -0.15) is 5.10 Å². The zero-order valence-corrected chi connectivity index (χ0v) is 14.9. The molecule has 0 saturated heterocycles. The molecule has 3 aromatic rings. The molecule has 0 unspecified atom stereocenters. The predicted octanol–water partition coefficient (Wildman–Crippen LogP) is 2.73. The van der Waals surface area contributed by atoms with Crippen LogP contribution in [-0.4, -0.2) is 21.7 Å². The maximum Gasteiger partial charge on any atom is 0.237 e. The van der Waals surface area contributed by atoms with Gasteiger partial charge >= 0.3 is 0 Å². The lowest BCUT2D eigenvalue weighted by Crippen LogP contribution is -2.41. The van der Waals surface area contributed by atoms with E-state index in [1.54, 1.807) is 6.20 Å². The highest BCUT2D eigenvalue weighted by Gasteiger charge is 2.12. The second kappa shape index (κ2) is 8.97. The van der Waals surface area contributed by atoms with Crippen molar-refractivity contribution in [3.8, 4) is 0 Å². The lowest BCUT2D eigenvalue weighted by atomic mass is 10.1. The first-order valence-electron chi connectivity index (χ1n) is 8.81. The van der Waals surface area contributed by atoms with Gasteiger partial charge in [0.25, 0.3) is 0 Å². The van der Waals surface area contributed by atoms with E-state index in [0.29, 0.717) is 13.1 Å². The average Bonchev–Trinajstić information content (AvgIpc) is 3.19. The molecule has 0 fully saturated rings. The number of amides is 1. The predicted molar refractivity (Wildman–Crippen MR) is 102 cm³/mol. The summed E-state index contributed by atoms with van der Waals surface area (Å²) < 4.78 is 1.90. The van der Waals surface area contributed by atoms with Crippen molar-refractivity contribution in [3.63, 3.8) is 0 Å². The largest absolute Gasteiger partial charge is 0.351 e. The minimum atomic E-state index is -0.267. The summed E-state index contributed by atoms with van der Waals surface area (Å²) >= 11 is 0. The molecule has 26 heavy (non-hydrogen) atoms. The highest BCUT2D eigenvalue weighted by Crippen LogP contribution is 2.10. The summed E-state index contributed by atoms with van der Waals surface area (Å²) in [7, 11) is 0. The molecule has 1 amide bonds. The number of nitrogens with one attached hydrogen (secondary N) is 2. The second-order valence-electron chi connectivity index (χ2n) is 6.28. The lowest BCUT2D eigenvalue weighted by Gasteiger charge is -2.16. The fourth-order valence-electron chi connectivity index (χ4n) is 2.75. The summed E-state index contributed by atoms with van der Waals surface area (Å²) in [5.74, 6) is -0.00147. The van der Waals surface area contributed by atoms with Crippen molar-refractivity contribution in [1.29, 1.82) is 0 Å². The number of hydrogen-bond donors (Lipinski definition) is 2. The SMILES string of the molecule is C[C@@H](NCc1ccccc1Cn1cccn1)C(=O)NCc1ccccc1. The van der Waals surface area contributed by atoms with E-state index < -0.39 is 0 Å². The van der Waals surface area contributed by atoms with Gasteiger partial charge in [0.2, 0.25) is 5.91 Å². The molecule has 134 valence electrons. The molecule has 3 rings (SSSR count). The summed E-state index contributed by atoms with van der Waals surface area (Å²) in [6, 6.07) is 19.8. The Kier molecular flexibility index (Phi) is 6.17. The van der Waals surface area contributed by atoms with E-state index in [9.17, 15) is 4.79 Å². The van der Waals surface area contributed by atoms with Gasteiger partial charge in [-0.3, -0.25) is 9.48 Å². The summed E-state index contributed by atoms with van der Waals surface area (Å²) in [5, 5.41) is 10.5. The molecule has 0 radical (unpaired) electrons. The van der Waals surface area contributed by atoms with E-state index in [1.165, 1.54) is 11.1 Å². The van der Waals surface area contributed by atoms with E-state index in [4.69, 9.17) is 0 Å². The van der Waals surface area contributed by atoms with Crippen molar-refractivity contribution in [2.75, 3.05) is 0 Å². The van der Waals surface area contributed by atoms with Gasteiger partial charge in [-0.15, -0.1) is 0 Å². The van der Waals surface area contributed by atoms with Gasteiger partial charge in [0, 0.05) is 25.5 Å². The number of rotatable bonds is 8. The van der Waals surface area contributed by atoms with Crippen molar-refractivity contribution < 1.29 is 4.79 Å². The van der Waals surface area contributed by atoms with Crippen LogP contribution in [0.15, 0.2) is 73.1 Å². The van der Waals surface area contributed by atoms with Gasteiger partial charge in [0.05, 0.1) is 12.6 Å². The second-order valence-corrected chi connectivity index (χ2v) is 6.28. The summed E-state index contributed by atoms with van der Waals surface area (Å²) in [6.45, 7) is 3.79. The molecule has 0 aliphatic rings. The van der Waals surface area contributed by atoms with E-state index >= 15 is 0 Å². The lowest BCUT2D eigenvalue weighted by molar-refractivity contribution is -0.122. The first kappa shape index (κ1) is 17.9. The molecule has 1 atom stereocenters. The fourth-order valence-corrected chi connectivity index (χ4v) is 2.75. The number of carbonyl (C=O) groups is 1. The van der Waals surface area contributed by atoms with Crippen LogP contribution in [0, 0.1) is 0 Å². The Morgan fingerprint density at radius 2 is 1.73 bits per heavy atom. The maximum atomic E-state index is 12.3. The van der Waals surface area contributed by atoms with Crippen LogP contribution in [0.1, 0.15) is 23.6 Å². The molecule has 2 N–H and O–H groups in total. The summed E-state index contributed by atoms with van der Waals surface area (Å²) in [6.07, 6.45) is 3.73. The number of carbonyl (C=O) groups excluding carboxylic acids is 1. The minimum absolute atomic E-state index is 0.00147. The molecule has 5 nitrogen and oxygen atoms in total. The molecule has 1 heterocycles. The van der Waals surface area contributed by atoms with Crippen LogP contribution in [-0.2, 0) is 24.4 Å². The highest BCUT2D eigenvalue weighted by atomic mass is 16.2. The van der Waals surface area contributed by atoms with Crippen LogP contribution in [0.25, 0.3) is 0 Å². The topological polar surface area (TPSA) is 59.0 Å². The van der Waals surface area contributed by atoms with Crippen molar-refractivity contribution in [3.05, 3.63) is 89.7 Å². The van der Waals surface area contributed by atoms with Crippen molar-refractivity contribution in [1.82, 2.24) is 20.4 Å². The molecule has 0 bridgehead atoms. The Labute approximate surface area is 154 Å². The third kappa shape index (κ3) is 5.04. The van der Waals surface area contributed by atoms with Crippen LogP contribution in [0.3, 0.4) is 0 Å². The molecular weight excluding hydrogens is 324 g/mol. The van der Waals surface area contributed by atoms with E-state index in [2.05, 4.69) is 27.9 Å². The van der Waals surface area contributed by atoms with Crippen LogP contribution in [0.5, 0.6) is 0 Å². The van der Waals surface area contributed by atoms with E-state index in [1.807, 2.05) is 66.3 Å². The van der Waals surface area contributed by atoms with Crippen molar-refractivity contribution in [2.24, 2.45) is 0 Å². The molecule has 0 spiro atoms. The van der Waals surface area contributed by atoms with E-state index in [-0.39, 0.29) is 11.9 Å². The first-order valence-corrected chi connectivity index (χ1v) is 8.81. The molecular formula is C21H24N4O. The number of benzene rings is 2. The zero-order valence-electron chi connectivity index (χ0n) is 14.9. The van der Waals surface area contributed by atoms with Crippen LogP contribution in [0.2, 0.25) is 0 Å². The first-order chi connectivity index (χ1) is 12.7. The maximum absolute atomic E-state index is 12.3. The minimum Gasteiger partial charge on any atom is -0.351 e. The molecule has 0 aliphatic carbocycles. The Bertz CT molecular complexity index is 815. The van der Waals surface area contributed by atoms with Crippen molar-refractivity contribution >= 4 is 5.91 Å². The van der Waals surface area contributed by atoms with Crippen LogP contribution >= 0.6 is 0 Å². The normalized spacial score (nSPS) is 11.9. The summed E-state index contributed by atoms with van der Waals surface area (Å²) in [4.78, 5) is 12.3. The van der Waals surface area contributed by atoms with Gasteiger partial charge in [0.15, 0.2) is 0 Å². The van der Waals surface area contributed by atoms with Gasteiger partial charge in [0.1, 0.15) is 0 Å². The quantitative estimate of drug-likeness (QED) is 0.658. The monoisotopic (exact) mass is 348 g/mol. The fraction of sp³-hybridized carbons (Fsp3) is 0.238. The third-order valence-corrected chi connectivity index (χ3v) is 4.31. The number of aromatic nitrogens is 2. The average molecular weight is 348 g/mol. The van der Waals surface area contributed by atoms with Crippen LogP contribution < -0.4 is 10.6 Å². The molecule has 0 aliphatic heterocycles. The zero-order chi connectivity index (χ0) is 18.2. The van der Waals surface area contributed by atoms with Gasteiger partial charge in [-0.1, -0.05) is 54.6 Å². The number of nitrogens with zero attached hydrogens (tertiary/aromatic N) is 2.